The lowest BCUT2D eigenvalue weighted by atomic mass is 10.1. The Balaban J connectivity index is 2.60. The van der Waals surface area contributed by atoms with Crippen molar-refractivity contribution in [1.29, 1.82) is 0 Å². The minimum absolute atomic E-state index is 0.111. The van der Waals surface area contributed by atoms with E-state index >= 15 is 0 Å². The van der Waals surface area contributed by atoms with Crippen LogP contribution in [0.2, 0.25) is 0 Å². The summed E-state index contributed by atoms with van der Waals surface area (Å²) in [4.78, 5) is 25.5. The molecule has 0 aliphatic heterocycles. The predicted molar refractivity (Wildman–Crippen MR) is 105 cm³/mol. The van der Waals surface area contributed by atoms with Crippen LogP contribution in [0.15, 0.2) is 29.2 Å². The molecule has 1 rings (SSSR count). The SMILES string of the molecule is CC(C)Sc1ccc(COC(=O)[C@@H](NC(=O)OC(C)(C)C)C(C)C)cc1. The molecule has 5 nitrogen and oxygen atoms in total. The first-order valence-electron chi connectivity index (χ1n) is 8.89. The normalized spacial score (nSPS) is 12.8. The summed E-state index contributed by atoms with van der Waals surface area (Å²) in [5.41, 5.74) is 0.289. The smallest absolute Gasteiger partial charge is 0.408 e. The number of hydrogen-bond donors (Lipinski definition) is 1. The van der Waals surface area contributed by atoms with Crippen molar-refractivity contribution >= 4 is 23.8 Å². The number of benzene rings is 1. The summed E-state index contributed by atoms with van der Waals surface area (Å²) in [6.07, 6.45) is -0.622. The van der Waals surface area contributed by atoms with Crippen LogP contribution in [-0.2, 0) is 20.9 Å². The maximum Gasteiger partial charge on any atom is 0.408 e. The number of carbonyl (C=O) groups is 2. The highest BCUT2D eigenvalue weighted by molar-refractivity contribution is 7.99. The number of ether oxygens (including phenoxy) is 2. The van der Waals surface area contributed by atoms with Crippen LogP contribution in [0, 0.1) is 5.92 Å². The molecule has 0 bridgehead atoms. The molecule has 0 aliphatic carbocycles. The van der Waals surface area contributed by atoms with Gasteiger partial charge in [0.2, 0.25) is 0 Å². The molecule has 0 aromatic heterocycles. The molecule has 146 valence electrons. The Morgan fingerprint density at radius 2 is 1.65 bits per heavy atom. The minimum atomic E-state index is -0.749. The van der Waals surface area contributed by atoms with Gasteiger partial charge >= 0.3 is 12.1 Å². The van der Waals surface area contributed by atoms with Crippen LogP contribution in [0.4, 0.5) is 4.79 Å². The van der Waals surface area contributed by atoms with Crippen LogP contribution in [0.1, 0.15) is 54.0 Å². The van der Waals surface area contributed by atoms with Crippen molar-refractivity contribution in [3.8, 4) is 0 Å². The second-order valence-electron chi connectivity index (χ2n) is 7.79. The van der Waals surface area contributed by atoms with Crippen molar-refractivity contribution in [3.05, 3.63) is 29.8 Å². The number of rotatable bonds is 7. The maximum atomic E-state index is 12.4. The van der Waals surface area contributed by atoms with Gasteiger partial charge in [0.25, 0.3) is 0 Å². The van der Waals surface area contributed by atoms with Gasteiger partial charge < -0.3 is 14.8 Å². The number of nitrogens with one attached hydrogen (secondary N) is 1. The van der Waals surface area contributed by atoms with E-state index in [1.165, 1.54) is 4.90 Å². The second-order valence-corrected chi connectivity index (χ2v) is 9.44. The zero-order valence-electron chi connectivity index (χ0n) is 16.8. The molecule has 0 saturated carbocycles. The van der Waals surface area contributed by atoms with Gasteiger partial charge in [-0.2, -0.15) is 0 Å². The number of hydrogen-bond acceptors (Lipinski definition) is 5. The molecule has 0 aliphatic rings. The summed E-state index contributed by atoms with van der Waals surface area (Å²) < 4.78 is 10.6. The lowest BCUT2D eigenvalue weighted by molar-refractivity contribution is -0.148. The van der Waals surface area contributed by atoms with Crippen molar-refractivity contribution in [1.82, 2.24) is 5.32 Å². The van der Waals surface area contributed by atoms with Gasteiger partial charge in [-0.05, 0) is 44.4 Å². The Morgan fingerprint density at radius 1 is 1.08 bits per heavy atom. The number of esters is 1. The van der Waals surface area contributed by atoms with Gasteiger partial charge in [-0.15, -0.1) is 11.8 Å². The van der Waals surface area contributed by atoms with E-state index in [1.807, 2.05) is 38.1 Å². The summed E-state index contributed by atoms with van der Waals surface area (Å²) in [6, 6.07) is 7.19. The summed E-state index contributed by atoms with van der Waals surface area (Å²) in [7, 11) is 0. The molecule has 0 saturated heterocycles. The summed E-state index contributed by atoms with van der Waals surface area (Å²) in [6.45, 7) is 13.5. The number of alkyl carbamates (subject to hydrolysis) is 1. The van der Waals surface area contributed by atoms with Gasteiger partial charge in [-0.1, -0.05) is 39.8 Å². The lowest BCUT2D eigenvalue weighted by Gasteiger charge is -2.24. The van der Waals surface area contributed by atoms with E-state index in [4.69, 9.17) is 9.47 Å². The van der Waals surface area contributed by atoms with E-state index in [9.17, 15) is 9.59 Å². The Labute approximate surface area is 161 Å². The zero-order chi connectivity index (χ0) is 19.9. The molecule has 1 aromatic rings. The first kappa shape index (κ1) is 22.4. The molecule has 1 aromatic carbocycles. The number of thioether (sulfide) groups is 1. The van der Waals surface area contributed by atoms with Crippen molar-refractivity contribution < 1.29 is 19.1 Å². The third-order valence-electron chi connectivity index (χ3n) is 3.27. The average Bonchev–Trinajstić information content (AvgIpc) is 2.49. The van der Waals surface area contributed by atoms with Gasteiger partial charge in [0.1, 0.15) is 18.2 Å². The molecule has 6 heteroatoms. The monoisotopic (exact) mass is 381 g/mol. The molecule has 1 N–H and O–H groups in total. The van der Waals surface area contributed by atoms with Gasteiger partial charge in [-0.25, -0.2) is 9.59 Å². The Bertz CT molecular complexity index is 591. The van der Waals surface area contributed by atoms with E-state index in [1.54, 1.807) is 32.5 Å². The molecule has 0 heterocycles. The van der Waals surface area contributed by atoms with E-state index in [0.717, 1.165) is 5.56 Å². The predicted octanol–water partition coefficient (Wildman–Crippen LogP) is 4.78. The Morgan fingerprint density at radius 3 is 2.12 bits per heavy atom. The van der Waals surface area contributed by atoms with Crippen LogP contribution in [0.25, 0.3) is 0 Å². The fourth-order valence-corrected chi connectivity index (χ4v) is 2.95. The van der Waals surface area contributed by atoms with E-state index in [-0.39, 0.29) is 12.5 Å². The molecular weight excluding hydrogens is 350 g/mol. The highest BCUT2D eigenvalue weighted by Crippen LogP contribution is 2.23. The quantitative estimate of drug-likeness (QED) is 0.544. The molecule has 0 fully saturated rings. The van der Waals surface area contributed by atoms with E-state index in [2.05, 4.69) is 19.2 Å². The lowest BCUT2D eigenvalue weighted by Crippen LogP contribution is -2.47. The van der Waals surface area contributed by atoms with Crippen LogP contribution >= 0.6 is 11.8 Å². The van der Waals surface area contributed by atoms with Gasteiger partial charge in [-0.3, -0.25) is 0 Å². The largest absolute Gasteiger partial charge is 0.459 e. The zero-order valence-corrected chi connectivity index (χ0v) is 17.6. The molecule has 0 unspecified atom stereocenters. The van der Waals surface area contributed by atoms with Gasteiger partial charge in [0.15, 0.2) is 0 Å². The summed E-state index contributed by atoms with van der Waals surface area (Å²) in [5, 5.41) is 3.12. The van der Waals surface area contributed by atoms with Crippen molar-refractivity contribution in [2.24, 2.45) is 5.92 Å². The van der Waals surface area contributed by atoms with E-state index in [0.29, 0.717) is 5.25 Å². The van der Waals surface area contributed by atoms with E-state index < -0.39 is 23.7 Å². The second kappa shape index (κ2) is 9.86. The van der Waals surface area contributed by atoms with Crippen molar-refractivity contribution in [2.45, 2.75) is 76.9 Å². The first-order chi connectivity index (χ1) is 12.0. The molecular formula is C20H31NO4S. The molecule has 1 amide bonds. The van der Waals surface area contributed by atoms with Gasteiger partial charge in [0, 0.05) is 10.1 Å². The topological polar surface area (TPSA) is 64.6 Å². The average molecular weight is 382 g/mol. The third-order valence-corrected chi connectivity index (χ3v) is 4.28. The van der Waals surface area contributed by atoms with Crippen LogP contribution in [-0.4, -0.2) is 29.0 Å². The van der Waals surface area contributed by atoms with Crippen molar-refractivity contribution in [2.75, 3.05) is 0 Å². The maximum absolute atomic E-state index is 12.4. The first-order valence-corrected chi connectivity index (χ1v) is 9.77. The number of amides is 1. The molecule has 0 spiro atoms. The van der Waals surface area contributed by atoms with Crippen LogP contribution in [0.5, 0.6) is 0 Å². The highest BCUT2D eigenvalue weighted by atomic mass is 32.2. The van der Waals surface area contributed by atoms with Crippen molar-refractivity contribution in [3.63, 3.8) is 0 Å². The fraction of sp³-hybridized carbons (Fsp3) is 0.600. The summed E-state index contributed by atoms with van der Waals surface area (Å²) in [5.74, 6) is -0.577. The Hall–Kier alpha value is -1.69. The molecule has 1 atom stereocenters. The minimum Gasteiger partial charge on any atom is -0.459 e. The molecule has 0 radical (unpaired) electrons. The Kier molecular flexibility index (Phi) is 8.47. The summed E-state index contributed by atoms with van der Waals surface area (Å²) >= 11 is 1.78. The van der Waals surface area contributed by atoms with Crippen LogP contribution in [0.3, 0.4) is 0 Å². The standard InChI is InChI=1S/C20H31NO4S/c1-13(2)17(21-19(23)25-20(5,6)7)18(22)24-12-15-8-10-16(11-9-15)26-14(3)4/h8-11,13-14,17H,12H2,1-7H3,(H,21,23)/t17-/m0/s1. The third kappa shape index (κ3) is 8.61. The highest BCUT2D eigenvalue weighted by Gasteiger charge is 2.28. The fourth-order valence-electron chi connectivity index (χ4n) is 2.11. The number of carbonyl (C=O) groups excluding carboxylic acids is 2. The van der Waals surface area contributed by atoms with Crippen LogP contribution < -0.4 is 5.32 Å². The van der Waals surface area contributed by atoms with Gasteiger partial charge in [0.05, 0.1) is 0 Å². The molecule has 26 heavy (non-hydrogen) atoms.